The van der Waals surface area contributed by atoms with E-state index in [9.17, 15) is 14.9 Å². The topological polar surface area (TPSA) is 92.1 Å². The number of carbonyl (C=O) groups excluding carboxylic acids is 1. The minimum Gasteiger partial charge on any atom is -0.322 e. The summed E-state index contributed by atoms with van der Waals surface area (Å²) in [4.78, 5) is 25.9. The molecule has 1 aliphatic heterocycles. The number of amides is 1. The molecular weight excluding hydrogens is 440 g/mol. The lowest BCUT2D eigenvalue weighted by molar-refractivity contribution is -0.384. The molecular formula is C25H19ClN4O3. The average molecular weight is 459 g/mol. The van der Waals surface area contributed by atoms with Crippen molar-refractivity contribution in [2.45, 2.75) is 19.5 Å². The third-order valence-electron chi connectivity index (χ3n) is 5.87. The van der Waals surface area contributed by atoms with E-state index in [0.717, 1.165) is 27.8 Å². The van der Waals surface area contributed by atoms with Crippen LogP contribution in [-0.2, 0) is 6.54 Å². The minimum absolute atomic E-state index is 0.00139. The van der Waals surface area contributed by atoms with E-state index >= 15 is 0 Å². The average Bonchev–Trinajstić information content (AvgIpc) is 3.35. The number of carbonyl (C=O) groups is 1. The monoisotopic (exact) mass is 458 g/mol. The number of nitrogens with one attached hydrogen (secondary N) is 1. The molecule has 0 fully saturated rings. The number of nitro benzene ring substituents is 1. The van der Waals surface area contributed by atoms with Gasteiger partial charge in [0.2, 0.25) is 0 Å². The molecule has 33 heavy (non-hydrogen) atoms. The first-order valence-corrected chi connectivity index (χ1v) is 10.8. The van der Waals surface area contributed by atoms with Crippen molar-refractivity contribution in [1.29, 1.82) is 0 Å². The molecule has 0 aliphatic carbocycles. The second-order valence-corrected chi connectivity index (χ2v) is 8.47. The fourth-order valence-corrected chi connectivity index (χ4v) is 4.33. The third-order valence-corrected chi connectivity index (χ3v) is 6.13. The van der Waals surface area contributed by atoms with Gasteiger partial charge in [-0.3, -0.25) is 20.0 Å². The van der Waals surface area contributed by atoms with Gasteiger partial charge in [0.15, 0.2) is 0 Å². The van der Waals surface area contributed by atoms with Crippen molar-refractivity contribution >= 4 is 23.2 Å². The van der Waals surface area contributed by atoms with Gasteiger partial charge in [0, 0.05) is 34.8 Å². The zero-order chi connectivity index (χ0) is 23.1. The van der Waals surface area contributed by atoms with Crippen LogP contribution in [0.25, 0.3) is 11.3 Å². The van der Waals surface area contributed by atoms with Gasteiger partial charge in [0.25, 0.3) is 11.6 Å². The molecule has 1 aliphatic rings. The summed E-state index contributed by atoms with van der Waals surface area (Å²) in [5.41, 5.74) is 5.61. The Balaban J connectivity index is 1.63. The second-order valence-electron chi connectivity index (χ2n) is 8.04. The highest BCUT2D eigenvalue weighted by Crippen LogP contribution is 2.43. The summed E-state index contributed by atoms with van der Waals surface area (Å²) in [6.45, 7) is 2.36. The summed E-state index contributed by atoms with van der Waals surface area (Å²) in [6, 6.07) is 21.2. The van der Waals surface area contributed by atoms with Crippen LogP contribution in [0.4, 0.5) is 5.69 Å². The largest absolute Gasteiger partial charge is 0.322 e. The van der Waals surface area contributed by atoms with Crippen molar-refractivity contribution in [3.63, 3.8) is 0 Å². The Morgan fingerprint density at radius 2 is 1.70 bits per heavy atom. The van der Waals surface area contributed by atoms with E-state index in [-0.39, 0.29) is 11.6 Å². The first-order valence-electron chi connectivity index (χ1n) is 10.4. The number of aryl methyl sites for hydroxylation is 1. The lowest BCUT2D eigenvalue weighted by Crippen LogP contribution is -2.29. The molecule has 8 heteroatoms. The number of halogens is 1. The molecule has 1 unspecified atom stereocenters. The summed E-state index contributed by atoms with van der Waals surface area (Å²) in [7, 11) is 0. The smallest absolute Gasteiger partial charge is 0.273 e. The maximum absolute atomic E-state index is 13.4. The molecule has 1 amide bonds. The van der Waals surface area contributed by atoms with Crippen LogP contribution in [0.1, 0.15) is 38.8 Å². The van der Waals surface area contributed by atoms with Crippen LogP contribution in [0.15, 0.2) is 72.8 Å². The number of hydrogen-bond acceptors (Lipinski definition) is 4. The summed E-state index contributed by atoms with van der Waals surface area (Å²) in [5.74, 6) is -0.172. The van der Waals surface area contributed by atoms with Crippen LogP contribution in [-0.4, -0.2) is 25.9 Å². The Morgan fingerprint density at radius 1 is 1.03 bits per heavy atom. The van der Waals surface area contributed by atoms with Crippen molar-refractivity contribution in [2.24, 2.45) is 0 Å². The number of fused-ring (bicyclic) bond motifs is 1. The lowest BCUT2D eigenvalue weighted by atomic mass is 9.95. The molecule has 0 spiro atoms. The SMILES string of the molecule is Cc1ccc(-c2n[nH]c3c2C(c2ccc([N+](=O)[O-])cc2)N(Cc2ccc(Cl)cc2)C3=O)cc1. The van der Waals surface area contributed by atoms with Crippen LogP contribution in [0.3, 0.4) is 0 Å². The van der Waals surface area contributed by atoms with E-state index in [4.69, 9.17) is 11.6 Å². The van der Waals surface area contributed by atoms with E-state index in [1.54, 1.807) is 29.2 Å². The molecule has 3 aromatic carbocycles. The van der Waals surface area contributed by atoms with Gasteiger partial charge in [0.05, 0.1) is 16.7 Å². The van der Waals surface area contributed by atoms with Gasteiger partial charge in [-0.05, 0) is 42.3 Å². The lowest BCUT2D eigenvalue weighted by Gasteiger charge is -2.26. The van der Waals surface area contributed by atoms with Gasteiger partial charge >= 0.3 is 0 Å². The van der Waals surface area contributed by atoms with Crippen LogP contribution in [0.2, 0.25) is 5.02 Å². The highest BCUT2D eigenvalue weighted by Gasteiger charge is 2.42. The van der Waals surface area contributed by atoms with E-state index < -0.39 is 11.0 Å². The van der Waals surface area contributed by atoms with E-state index in [0.29, 0.717) is 23.0 Å². The standard InChI is InChI=1S/C25H19ClN4O3/c1-15-2-6-17(7-3-15)22-21-23(28-27-22)25(31)29(14-16-4-10-19(26)11-5-16)24(21)18-8-12-20(13-9-18)30(32)33/h2-13,24H,14H2,1H3,(H,27,28). The summed E-state index contributed by atoms with van der Waals surface area (Å²) in [5, 5.41) is 19.2. The maximum atomic E-state index is 13.4. The molecule has 0 bridgehead atoms. The Hall–Kier alpha value is -3.97. The highest BCUT2D eigenvalue weighted by molar-refractivity contribution is 6.30. The number of aromatic nitrogens is 2. The Morgan fingerprint density at radius 3 is 2.33 bits per heavy atom. The minimum atomic E-state index is -0.445. The van der Waals surface area contributed by atoms with Crippen molar-refractivity contribution in [2.75, 3.05) is 0 Å². The second kappa shape index (κ2) is 8.18. The van der Waals surface area contributed by atoms with Gasteiger partial charge < -0.3 is 4.90 Å². The molecule has 1 N–H and O–H groups in total. The van der Waals surface area contributed by atoms with Crippen molar-refractivity contribution < 1.29 is 9.72 Å². The molecule has 2 heterocycles. The highest BCUT2D eigenvalue weighted by atomic mass is 35.5. The van der Waals surface area contributed by atoms with Gasteiger partial charge in [0.1, 0.15) is 5.69 Å². The molecule has 1 atom stereocenters. The molecule has 1 aromatic heterocycles. The van der Waals surface area contributed by atoms with E-state index in [1.807, 2.05) is 43.3 Å². The summed E-state index contributed by atoms with van der Waals surface area (Å²) in [6.07, 6.45) is 0. The Labute approximate surface area is 194 Å². The predicted octanol–water partition coefficient (Wildman–Crippen LogP) is 5.69. The van der Waals surface area contributed by atoms with Crippen LogP contribution < -0.4 is 0 Å². The number of H-pyrrole nitrogens is 1. The third kappa shape index (κ3) is 3.76. The van der Waals surface area contributed by atoms with E-state index in [1.165, 1.54) is 12.1 Å². The normalized spacial score (nSPS) is 15.0. The summed E-state index contributed by atoms with van der Waals surface area (Å²) >= 11 is 6.03. The molecule has 0 saturated heterocycles. The number of rotatable bonds is 5. The molecule has 0 saturated carbocycles. The first-order chi connectivity index (χ1) is 15.9. The molecule has 164 valence electrons. The van der Waals surface area contributed by atoms with Crippen molar-refractivity contribution in [3.05, 3.63) is 116 Å². The molecule has 7 nitrogen and oxygen atoms in total. The number of benzene rings is 3. The number of non-ortho nitro benzene ring substituents is 1. The molecule has 0 radical (unpaired) electrons. The maximum Gasteiger partial charge on any atom is 0.273 e. The number of aromatic amines is 1. The summed E-state index contributed by atoms with van der Waals surface area (Å²) < 4.78 is 0. The van der Waals surface area contributed by atoms with Crippen molar-refractivity contribution in [3.8, 4) is 11.3 Å². The first kappa shape index (κ1) is 20.9. The fourth-order valence-electron chi connectivity index (χ4n) is 4.20. The van der Waals surface area contributed by atoms with Crippen LogP contribution in [0.5, 0.6) is 0 Å². The zero-order valence-corrected chi connectivity index (χ0v) is 18.4. The zero-order valence-electron chi connectivity index (χ0n) is 17.7. The molecule has 5 rings (SSSR count). The van der Waals surface area contributed by atoms with Crippen LogP contribution in [0, 0.1) is 17.0 Å². The molecule has 4 aromatic rings. The number of nitro groups is 1. The number of hydrogen-bond donors (Lipinski definition) is 1. The van der Waals surface area contributed by atoms with Crippen LogP contribution >= 0.6 is 11.6 Å². The fraction of sp³-hybridized carbons (Fsp3) is 0.120. The number of nitrogens with zero attached hydrogens (tertiary/aromatic N) is 3. The quantitative estimate of drug-likeness (QED) is 0.307. The predicted molar refractivity (Wildman–Crippen MR) is 125 cm³/mol. The van der Waals surface area contributed by atoms with Gasteiger partial charge in [-0.15, -0.1) is 0 Å². The Kier molecular flexibility index (Phi) is 5.18. The van der Waals surface area contributed by atoms with Gasteiger partial charge in [-0.1, -0.05) is 53.6 Å². The van der Waals surface area contributed by atoms with Gasteiger partial charge in [-0.25, -0.2) is 0 Å². The van der Waals surface area contributed by atoms with Crippen molar-refractivity contribution in [1.82, 2.24) is 15.1 Å². The Bertz CT molecular complexity index is 1350. The van der Waals surface area contributed by atoms with Gasteiger partial charge in [-0.2, -0.15) is 5.10 Å². The van der Waals surface area contributed by atoms with E-state index in [2.05, 4.69) is 10.2 Å².